The normalized spacial score (nSPS) is 33.2. The van der Waals surface area contributed by atoms with Crippen molar-refractivity contribution in [2.75, 3.05) is 6.54 Å². The van der Waals surface area contributed by atoms with Crippen molar-refractivity contribution in [1.29, 1.82) is 0 Å². The molecular weight excluding hydrogens is 214 g/mol. The van der Waals surface area contributed by atoms with E-state index in [0.29, 0.717) is 6.54 Å². The van der Waals surface area contributed by atoms with E-state index in [2.05, 4.69) is 6.58 Å². The van der Waals surface area contributed by atoms with Crippen LogP contribution in [-0.4, -0.2) is 28.7 Å². The van der Waals surface area contributed by atoms with E-state index in [0.717, 1.165) is 18.4 Å². The molecule has 2 aliphatic rings. The van der Waals surface area contributed by atoms with Gasteiger partial charge in [-0.05, 0) is 40.5 Å². The molecule has 1 saturated heterocycles. The van der Waals surface area contributed by atoms with Crippen LogP contribution in [0.5, 0.6) is 0 Å². The van der Waals surface area contributed by atoms with Gasteiger partial charge in [0.05, 0.1) is 0 Å². The van der Waals surface area contributed by atoms with Gasteiger partial charge >= 0.3 is 0 Å². The number of amides is 1. The highest BCUT2D eigenvalue weighted by molar-refractivity contribution is 6.10. The Bertz CT molecular complexity index is 405. The first kappa shape index (κ1) is 12.3. The number of carbonyl (C=O) groups excluding carboxylic acids is 2. The number of ketones is 1. The van der Waals surface area contributed by atoms with Crippen molar-refractivity contribution in [2.24, 2.45) is 11.3 Å². The van der Waals surface area contributed by atoms with E-state index >= 15 is 0 Å². The molecular formula is C14H21NO2. The van der Waals surface area contributed by atoms with Gasteiger partial charge in [0, 0.05) is 18.0 Å². The van der Waals surface area contributed by atoms with Crippen molar-refractivity contribution in [2.45, 2.75) is 46.1 Å². The van der Waals surface area contributed by atoms with Crippen molar-refractivity contribution in [3.63, 3.8) is 0 Å². The van der Waals surface area contributed by atoms with Gasteiger partial charge in [0.15, 0.2) is 0 Å². The zero-order chi connectivity index (χ0) is 13.0. The van der Waals surface area contributed by atoms with E-state index in [1.165, 1.54) is 6.92 Å². The molecule has 1 heterocycles. The molecule has 2 atom stereocenters. The van der Waals surface area contributed by atoms with Crippen LogP contribution in [-0.2, 0) is 9.59 Å². The lowest BCUT2D eigenvalue weighted by molar-refractivity contribution is -0.144. The van der Waals surface area contributed by atoms with Gasteiger partial charge in [0.25, 0.3) is 0 Å². The van der Waals surface area contributed by atoms with Gasteiger partial charge in [0.2, 0.25) is 5.91 Å². The third-order valence-electron chi connectivity index (χ3n) is 4.32. The number of nitrogens with zero attached hydrogens (tertiary/aromatic N) is 1. The number of hydrogen-bond donors (Lipinski definition) is 0. The van der Waals surface area contributed by atoms with Crippen molar-refractivity contribution >= 4 is 11.7 Å². The molecule has 0 radical (unpaired) electrons. The van der Waals surface area contributed by atoms with Crippen LogP contribution in [0.1, 0.15) is 40.5 Å². The van der Waals surface area contributed by atoms with Gasteiger partial charge in [0.1, 0.15) is 11.2 Å². The number of carbonyl (C=O) groups is 2. The fourth-order valence-corrected chi connectivity index (χ4v) is 3.39. The molecule has 0 aromatic heterocycles. The lowest BCUT2D eigenvalue weighted by Crippen LogP contribution is -2.47. The molecule has 94 valence electrons. The van der Waals surface area contributed by atoms with E-state index in [9.17, 15) is 9.59 Å². The predicted molar refractivity (Wildman–Crippen MR) is 66.4 cm³/mol. The zero-order valence-electron chi connectivity index (χ0n) is 11.2. The average molecular weight is 235 g/mol. The van der Waals surface area contributed by atoms with Gasteiger partial charge in [-0.2, -0.15) is 0 Å². The molecule has 2 fully saturated rings. The van der Waals surface area contributed by atoms with E-state index < -0.39 is 5.41 Å². The monoisotopic (exact) mass is 235 g/mol. The van der Waals surface area contributed by atoms with Gasteiger partial charge < -0.3 is 4.90 Å². The number of rotatable bonds is 1. The van der Waals surface area contributed by atoms with Crippen LogP contribution in [0.2, 0.25) is 0 Å². The van der Waals surface area contributed by atoms with E-state index in [-0.39, 0.29) is 23.1 Å². The quantitative estimate of drug-likeness (QED) is 0.516. The highest BCUT2D eigenvalue weighted by Gasteiger charge is 2.62. The first-order valence-corrected chi connectivity index (χ1v) is 6.23. The maximum atomic E-state index is 12.7. The van der Waals surface area contributed by atoms with E-state index in [1.807, 2.05) is 25.7 Å². The maximum absolute atomic E-state index is 12.7. The van der Waals surface area contributed by atoms with Gasteiger partial charge in [-0.3, -0.25) is 9.59 Å². The maximum Gasteiger partial charge on any atom is 0.241 e. The Morgan fingerprint density at radius 1 is 1.47 bits per heavy atom. The summed E-state index contributed by atoms with van der Waals surface area (Å²) in [6.45, 7) is 12.3. The van der Waals surface area contributed by atoms with Crippen LogP contribution >= 0.6 is 0 Å². The molecule has 3 heteroatoms. The average Bonchev–Trinajstić information content (AvgIpc) is 2.64. The summed E-state index contributed by atoms with van der Waals surface area (Å²) in [5.74, 6) is 0.0889. The van der Waals surface area contributed by atoms with E-state index in [1.54, 1.807) is 0 Å². The molecule has 17 heavy (non-hydrogen) atoms. The SMILES string of the molecule is C=C1CC[C@@H]2CN(C(C)(C)C)C(=O)[C@]12C(C)=O. The Balaban J connectivity index is 2.49. The highest BCUT2D eigenvalue weighted by Crippen LogP contribution is 2.54. The lowest BCUT2D eigenvalue weighted by Gasteiger charge is -2.34. The summed E-state index contributed by atoms with van der Waals surface area (Å²) < 4.78 is 0. The minimum Gasteiger partial charge on any atom is -0.336 e. The number of likely N-dealkylation sites (tertiary alicyclic amines) is 1. The van der Waals surface area contributed by atoms with E-state index in [4.69, 9.17) is 0 Å². The highest BCUT2D eigenvalue weighted by atomic mass is 16.2. The summed E-state index contributed by atoms with van der Waals surface area (Å²) in [6.07, 6.45) is 1.73. The number of Topliss-reactive ketones (excluding diaryl/α,β-unsaturated/α-hetero) is 1. The fraction of sp³-hybridized carbons (Fsp3) is 0.714. The first-order chi connectivity index (χ1) is 7.72. The van der Waals surface area contributed by atoms with Crippen LogP contribution in [0.15, 0.2) is 12.2 Å². The Morgan fingerprint density at radius 3 is 2.47 bits per heavy atom. The van der Waals surface area contributed by atoms with Crippen molar-refractivity contribution in [3.05, 3.63) is 12.2 Å². The summed E-state index contributed by atoms with van der Waals surface area (Å²) in [6, 6.07) is 0. The van der Waals surface area contributed by atoms with Gasteiger partial charge in [-0.15, -0.1) is 0 Å². The van der Waals surface area contributed by atoms with Crippen LogP contribution in [0.3, 0.4) is 0 Å². The van der Waals surface area contributed by atoms with Crippen LogP contribution in [0.25, 0.3) is 0 Å². The van der Waals surface area contributed by atoms with Crippen molar-refractivity contribution in [3.8, 4) is 0 Å². The molecule has 2 rings (SSSR count). The summed E-state index contributed by atoms with van der Waals surface area (Å²) in [7, 11) is 0. The number of fused-ring (bicyclic) bond motifs is 1. The molecule has 0 bridgehead atoms. The Labute approximate surface area is 103 Å². The zero-order valence-corrected chi connectivity index (χ0v) is 11.2. The minimum atomic E-state index is -0.896. The molecule has 1 saturated carbocycles. The standard InChI is InChI=1S/C14H21NO2/c1-9-6-7-11-8-15(13(3,4)5)12(17)14(9,11)10(2)16/h11H,1,6-8H2,2-5H3/t11-,14+/m1/s1. The van der Waals surface area contributed by atoms with Crippen LogP contribution in [0, 0.1) is 11.3 Å². The fourth-order valence-electron chi connectivity index (χ4n) is 3.39. The molecule has 1 aliphatic heterocycles. The van der Waals surface area contributed by atoms with Crippen molar-refractivity contribution in [1.82, 2.24) is 4.90 Å². The largest absolute Gasteiger partial charge is 0.336 e. The summed E-state index contributed by atoms with van der Waals surface area (Å²) in [5, 5.41) is 0. The van der Waals surface area contributed by atoms with Crippen LogP contribution in [0.4, 0.5) is 0 Å². The van der Waals surface area contributed by atoms with Crippen LogP contribution < -0.4 is 0 Å². The third kappa shape index (κ3) is 1.41. The second-order valence-electron chi connectivity index (χ2n) is 6.29. The molecule has 1 aliphatic carbocycles. The Hall–Kier alpha value is -1.12. The third-order valence-corrected chi connectivity index (χ3v) is 4.32. The summed E-state index contributed by atoms with van der Waals surface area (Å²) in [4.78, 5) is 26.5. The minimum absolute atomic E-state index is 0.0231. The number of hydrogen-bond acceptors (Lipinski definition) is 2. The molecule has 3 nitrogen and oxygen atoms in total. The van der Waals surface area contributed by atoms with Crippen molar-refractivity contribution < 1.29 is 9.59 Å². The van der Waals surface area contributed by atoms with Gasteiger partial charge in [-0.25, -0.2) is 0 Å². The first-order valence-electron chi connectivity index (χ1n) is 6.23. The lowest BCUT2D eigenvalue weighted by atomic mass is 9.74. The topological polar surface area (TPSA) is 37.4 Å². The summed E-state index contributed by atoms with van der Waals surface area (Å²) >= 11 is 0. The molecule has 0 unspecified atom stereocenters. The van der Waals surface area contributed by atoms with Gasteiger partial charge in [-0.1, -0.05) is 12.2 Å². The predicted octanol–water partition coefficient (Wildman–Crippen LogP) is 2.17. The molecule has 1 amide bonds. The molecule has 0 spiro atoms. The summed E-state index contributed by atoms with van der Waals surface area (Å²) in [5.41, 5.74) is -0.288. The molecule has 0 aromatic carbocycles. The smallest absolute Gasteiger partial charge is 0.241 e. The molecule has 0 N–H and O–H groups in total. The second kappa shape index (κ2) is 3.44. The second-order valence-corrected chi connectivity index (χ2v) is 6.29. The Kier molecular flexibility index (Phi) is 2.49. The molecule has 0 aromatic rings. The Morgan fingerprint density at radius 2 is 2.06 bits per heavy atom.